The summed E-state index contributed by atoms with van der Waals surface area (Å²) in [5, 5.41) is 2.55. The van der Waals surface area contributed by atoms with Crippen LogP contribution in [0.5, 0.6) is 0 Å². The third-order valence-electron chi connectivity index (χ3n) is 3.59. The zero-order valence-corrected chi connectivity index (χ0v) is 14.4. The molecule has 0 aliphatic rings. The van der Waals surface area contributed by atoms with Gasteiger partial charge in [-0.15, -0.1) is 0 Å². The van der Waals surface area contributed by atoms with Gasteiger partial charge in [-0.05, 0) is 35.4 Å². The number of hydrogen-bond donors (Lipinski definition) is 1. The molecular formula is C21H17N3O3. The van der Waals surface area contributed by atoms with Gasteiger partial charge in [-0.2, -0.15) is 0 Å². The molecule has 0 unspecified atom stereocenters. The number of nitrogens with one attached hydrogen (secondary N) is 1. The highest BCUT2D eigenvalue weighted by Crippen LogP contribution is 2.10. The summed E-state index contributed by atoms with van der Waals surface area (Å²) in [4.78, 5) is 31.7. The fraction of sp³-hybridized carbons (Fsp3) is 0.0476. The molecule has 0 aliphatic carbocycles. The van der Waals surface area contributed by atoms with Crippen LogP contribution in [0.2, 0.25) is 0 Å². The Morgan fingerprint density at radius 3 is 2.33 bits per heavy atom. The maximum atomic E-state index is 12.1. The predicted octanol–water partition coefficient (Wildman–Crippen LogP) is 3.49. The number of aromatic nitrogens is 2. The van der Waals surface area contributed by atoms with Crippen molar-refractivity contribution in [3.8, 4) is 0 Å². The van der Waals surface area contributed by atoms with E-state index >= 15 is 0 Å². The largest absolute Gasteiger partial charge is 0.457 e. The lowest BCUT2D eigenvalue weighted by atomic mass is 10.1. The van der Waals surface area contributed by atoms with Crippen molar-refractivity contribution in [2.24, 2.45) is 0 Å². The third-order valence-corrected chi connectivity index (χ3v) is 3.59. The SMILES string of the molecule is O=C(C=Cc1ccc(C(=O)OCc2ccccc2)cc1)Nc1ncccn1. The zero-order chi connectivity index (χ0) is 18.9. The minimum Gasteiger partial charge on any atom is -0.457 e. The van der Waals surface area contributed by atoms with Gasteiger partial charge in [0, 0.05) is 18.5 Å². The molecule has 134 valence electrons. The Balaban J connectivity index is 1.53. The Hall–Kier alpha value is -3.80. The molecule has 6 nitrogen and oxygen atoms in total. The van der Waals surface area contributed by atoms with Crippen molar-refractivity contribution in [2.45, 2.75) is 6.61 Å². The Kier molecular flexibility index (Phi) is 6.04. The lowest BCUT2D eigenvalue weighted by Gasteiger charge is -2.05. The van der Waals surface area contributed by atoms with Gasteiger partial charge in [-0.1, -0.05) is 42.5 Å². The predicted molar refractivity (Wildman–Crippen MR) is 102 cm³/mol. The monoisotopic (exact) mass is 359 g/mol. The molecule has 1 amide bonds. The van der Waals surface area contributed by atoms with Gasteiger partial charge in [0.15, 0.2) is 0 Å². The van der Waals surface area contributed by atoms with Gasteiger partial charge in [-0.25, -0.2) is 14.8 Å². The van der Waals surface area contributed by atoms with Crippen LogP contribution in [0.15, 0.2) is 79.1 Å². The van der Waals surface area contributed by atoms with Crippen molar-refractivity contribution < 1.29 is 14.3 Å². The van der Waals surface area contributed by atoms with E-state index in [1.165, 1.54) is 6.08 Å². The molecule has 0 saturated carbocycles. The average Bonchev–Trinajstić information content (AvgIpc) is 2.72. The van der Waals surface area contributed by atoms with Crippen molar-refractivity contribution in [1.29, 1.82) is 0 Å². The summed E-state index contributed by atoms with van der Waals surface area (Å²) in [5.74, 6) is -0.496. The number of benzene rings is 2. The molecule has 0 saturated heterocycles. The van der Waals surface area contributed by atoms with Crippen LogP contribution in [0, 0.1) is 0 Å². The molecule has 1 heterocycles. The number of esters is 1. The topological polar surface area (TPSA) is 81.2 Å². The quantitative estimate of drug-likeness (QED) is 0.538. The fourth-order valence-electron chi connectivity index (χ4n) is 2.22. The molecule has 0 spiro atoms. The zero-order valence-electron chi connectivity index (χ0n) is 14.4. The van der Waals surface area contributed by atoms with E-state index in [0.29, 0.717) is 5.56 Å². The Labute approximate surface area is 156 Å². The minimum atomic E-state index is -0.395. The summed E-state index contributed by atoms with van der Waals surface area (Å²) in [6.07, 6.45) is 6.10. The number of rotatable bonds is 6. The van der Waals surface area contributed by atoms with Crippen LogP contribution in [0.4, 0.5) is 5.95 Å². The van der Waals surface area contributed by atoms with Crippen LogP contribution in [0.1, 0.15) is 21.5 Å². The summed E-state index contributed by atoms with van der Waals surface area (Å²) < 4.78 is 5.28. The van der Waals surface area contributed by atoms with E-state index in [-0.39, 0.29) is 18.5 Å². The van der Waals surface area contributed by atoms with Gasteiger partial charge in [0.1, 0.15) is 6.61 Å². The van der Waals surface area contributed by atoms with Gasteiger partial charge in [0.05, 0.1) is 5.56 Å². The molecular weight excluding hydrogens is 342 g/mol. The summed E-state index contributed by atoms with van der Waals surface area (Å²) >= 11 is 0. The number of amides is 1. The second-order valence-corrected chi connectivity index (χ2v) is 5.58. The van der Waals surface area contributed by atoms with Crippen molar-refractivity contribution in [3.05, 3.63) is 95.8 Å². The van der Waals surface area contributed by atoms with Gasteiger partial charge >= 0.3 is 5.97 Å². The van der Waals surface area contributed by atoms with E-state index in [1.807, 2.05) is 30.3 Å². The Morgan fingerprint density at radius 2 is 1.63 bits per heavy atom. The first-order chi connectivity index (χ1) is 13.2. The summed E-state index contributed by atoms with van der Waals surface area (Å²) in [7, 11) is 0. The molecule has 0 aliphatic heterocycles. The van der Waals surface area contributed by atoms with E-state index < -0.39 is 5.97 Å². The first-order valence-corrected chi connectivity index (χ1v) is 8.28. The van der Waals surface area contributed by atoms with E-state index in [2.05, 4.69) is 15.3 Å². The van der Waals surface area contributed by atoms with Gasteiger partial charge < -0.3 is 4.74 Å². The van der Waals surface area contributed by atoms with Crippen molar-refractivity contribution in [2.75, 3.05) is 5.32 Å². The van der Waals surface area contributed by atoms with Gasteiger partial charge in [0.2, 0.25) is 5.95 Å². The van der Waals surface area contributed by atoms with E-state index in [4.69, 9.17) is 4.74 Å². The van der Waals surface area contributed by atoms with Crippen LogP contribution in [-0.2, 0) is 16.1 Å². The average molecular weight is 359 g/mol. The highest BCUT2D eigenvalue weighted by molar-refractivity contribution is 6.01. The number of carbonyl (C=O) groups excluding carboxylic acids is 2. The second kappa shape index (κ2) is 9.05. The molecule has 0 fully saturated rings. The molecule has 2 aromatic carbocycles. The minimum absolute atomic E-state index is 0.225. The van der Waals surface area contributed by atoms with Crippen LogP contribution in [0.25, 0.3) is 6.08 Å². The van der Waals surface area contributed by atoms with E-state index in [1.54, 1.807) is 48.8 Å². The lowest BCUT2D eigenvalue weighted by Crippen LogP contribution is -2.10. The smallest absolute Gasteiger partial charge is 0.338 e. The van der Waals surface area contributed by atoms with Crippen LogP contribution >= 0.6 is 0 Å². The van der Waals surface area contributed by atoms with Gasteiger partial charge in [0.25, 0.3) is 5.91 Å². The molecule has 1 aromatic heterocycles. The van der Waals surface area contributed by atoms with E-state index in [0.717, 1.165) is 11.1 Å². The van der Waals surface area contributed by atoms with Crippen molar-refractivity contribution in [1.82, 2.24) is 9.97 Å². The normalized spacial score (nSPS) is 10.5. The fourth-order valence-corrected chi connectivity index (χ4v) is 2.22. The Morgan fingerprint density at radius 1 is 0.926 bits per heavy atom. The third kappa shape index (κ3) is 5.61. The lowest BCUT2D eigenvalue weighted by molar-refractivity contribution is -0.111. The maximum Gasteiger partial charge on any atom is 0.338 e. The number of anilines is 1. The summed E-state index contributed by atoms with van der Waals surface area (Å²) in [5.41, 5.74) is 2.16. The molecule has 3 rings (SSSR count). The van der Waals surface area contributed by atoms with Crippen LogP contribution < -0.4 is 5.32 Å². The maximum absolute atomic E-state index is 12.1. The van der Waals surface area contributed by atoms with Crippen molar-refractivity contribution >= 4 is 23.9 Å². The second-order valence-electron chi connectivity index (χ2n) is 5.58. The Bertz CT molecular complexity index is 924. The first-order valence-electron chi connectivity index (χ1n) is 8.28. The van der Waals surface area contributed by atoms with Crippen LogP contribution in [0.3, 0.4) is 0 Å². The van der Waals surface area contributed by atoms with Gasteiger partial charge in [-0.3, -0.25) is 10.1 Å². The summed E-state index contributed by atoms with van der Waals surface area (Å²) in [6, 6.07) is 17.9. The van der Waals surface area contributed by atoms with Crippen molar-refractivity contribution in [3.63, 3.8) is 0 Å². The number of nitrogens with zero attached hydrogens (tertiary/aromatic N) is 2. The van der Waals surface area contributed by atoms with E-state index in [9.17, 15) is 9.59 Å². The first kappa shape index (κ1) is 18.0. The molecule has 27 heavy (non-hydrogen) atoms. The highest BCUT2D eigenvalue weighted by Gasteiger charge is 2.07. The highest BCUT2D eigenvalue weighted by atomic mass is 16.5. The molecule has 1 N–H and O–H groups in total. The number of hydrogen-bond acceptors (Lipinski definition) is 5. The molecule has 0 radical (unpaired) electrons. The molecule has 6 heteroatoms. The van der Waals surface area contributed by atoms with Crippen LogP contribution in [-0.4, -0.2) is 21.8 Å². The number of carbonyl (C=O) groups is 2. The summed E-state index contributed by atoms with van der Waals surface area (Å²) in [6.45, 7) is 0.225. The standard InChI is InChI=1S/C21H17N3O3/c25-19(24-21-22-13-4-14-23-21)12-9-16-7-10-18(11-8-16)20(26)27-15-17-5-2-1-3-6-17/h1-14H,15H2,(H,22,23,24,25). The molecule has 0 bridgehead atoms. The molecule has 3 aromatic rings. The molecule has 0 atom stereocenters. The number of ether oxygens (including phenoxy) is 1.